The Labute approximate surface area is 32.6 Å². The van der Waals surface area contributed by atoms with Gasteiger partial charge in [0.15, 0.2) is 0 Å². The summed E-state index contributed by atoms with van der Waals surface area (Å²) in [5, 5.41) is 0. The predicted octanol–water partition coefficient (Wildman–Crippen LogP) is 0.121. The first-order valence-corrected chi connectivity index (χ1v) is 1.92. The average Bonchev–Trinajstić information content (AvgIpc) is 1.50. The molecule has 0 aromatic carbocycles. The maximum Gasteiger partial charge on any atom is -0.0195 e. The van der Waals surface area contributed by atoms with Crippen molar-refractivity contribution in [2.45, 2.75) is 0 Å². The van der Waals surface area contributed by atoms with E-state index in [1.165, 1.54) is 7.05 Å². The quantitative estimate of drug-likeness (QED) is 0.396. The molecule has 0 amide bonds. The van der Waals surface area contributed by atoms with Gasteiger partial charge in [-0.1, -0.05) is 0 Å². The van der Waals surface area contributed by atoms with Gasteiger partial charge in [0, 0.05) is 0 Å². The Kier molecular flexibility index (Phi) is 407. The van der Waals surface area contributed by atoms with Crippen LogP contribution in [0.25, 0.3) is 0 Å². The largest absolute Gasteiger partial charge is 0.333 e. The smallest absolute Gasteiger partial charge is 0.0195 e. The van der Waals surface area contributed by atoms with E-state index in [-0.39, 0.29) is 0 Å². The van der Waals surface area contributed by atoms with Gasteiger partial charge in [-0.2, -0.15) is 12.6 Å². The van der Waals surface area contributed by atoms with Crippen molar-refractivity contribution >= 4 is 12.6 Å². The molecule has 0 unspecified atom stereocenters. The van der Waals surface area contributed by atoms with Crippen molar-refractivity contribution in [2.75, 3.05) is 13.3 Å². The van der Waals surface area contributed by atoms with Gasteiger partial charge in [-0.25, -0.2) is 0 Å². The second-order valence-electron chi connectivity index (χ2n) is 0. The molecule has 0 fully saturated rings. The van der Waals surface area contributed by atoms with Crippen molar-refractivity contribution in [3.8, 4) is 0 Å². The van der Waals surface area contributed by atoms with E-state index in [2.05, 4.69) is 18.4 Å². The third-order valence-corrected chi connectivity index (χ3v) is 0. The van der Waals surface area contributed by atoms with E-state index in [1.807, 2.05) is 0 Å². The lowest BCUT2D eigenvalue weighted by atomic mass is 11.6. The Morgan fingerprint density at radius 2 is 1.25 bits per heavy atom. The highest BCUT2D eigenvalue weighted by atomic mass is 32.1. The van der Waals surface area contributed by atoms with Crippen molar-refractivity contribution in [1.29, 1.82) is 0 Å². The van der Waals surface area contributed by atoms with Crippen LogP contribution in [0.2, 0.25) is 0 Å². The van der Waals surface area contributed by atoms with Gasteiger partial charge < -0.3 is 5.73 Å². The lowest BCUT2D eigenvalue weighted by Crippen LogP contribution is -1.69. The van der Waals surface area contributed by atoms with Gasteiger partial charge >= 0.3 is 0 Å². The Bertz CT molecular complexity index is 6.00. The highest BCUT2D eigenvalue weighted by Crippen LogP contribution is 1.31. The molecule has 0 saturated heterocycles. The number of nitrogens with two attached hydrogens (primary N) is 1. The summed E-state index contributed by atoms with van der Waals surface area (Å²) in [6.07, 6.45) is 1.69. The summed E-state index contributed by atoms with van der Waals surface area (Å²) < 4.78 is 0. The fourth-order valence-corrected chi connectivity index (χ4v) is 0. The molecule has 1 nitrogen and oxygen atoms in total. The molecule has 28 valence electrons. The summed E-state index contributed by atoms with van der Waals surface area (Å²) in [6, 6.07) is 0. The van der Waals surface area contributed by atoms with Crippen LogP contribution >= 0.6 is 12.6 Å². The normalized spacial score (nSPS) is 3.00. The van der Waals surface area contributed by atoms with Crippen LogP contribution in [0, 0.1) is 0 Å². The van der Waals surface area contributed by atoms with E-state index in [4.69, 9.17) is 0 Å². The van der Waals surface area contributed by atoms with Gasteiger partial charge in [-0.3, -0.25) is 0 Å². The van der Waals surface area contributed by atoms with Crippen molar-refractivity contribution in [3.63, 3.8) is 0 Å². The molecule has 0 bridgehead atoms. The summed E-state index contributed by atoms with van der Waals surface area (Å²) >= 11 is 3.53. The molecule has 4 heavy (non-hydrogen) atoms. The molecule has 0 aromatic rings. The van der Waals surface area contributed by atoms with Crippen LogP contribution in [0.15, 0.2) is 0 Å². The van der Waals surface area contributed by atoms with Gasteiger partial charge in [0.1, 0.15) is 0 Å². The van der Waals surface area contributed by atoms with Gasteiger partial charge in [0.05, 0.1) is 0 Å². The van der Waals surface area contributed by atoms with E-state index >= 15 is 0 Å². The third-order valence-electron chi connectivity index (χ3n) is 0. The topological polar surface area (TPSA) is 26.0 Å². The first-order chi connectivity index (χ1) is 2.00. The van der Waals surface area contributed by atoms with E-state index in [1.54, 1.807) is 6.26 Å². The minimum atomic E-state index is 1.50. The fourth-order valence-electron chi connectivity index (χ4n) is 0. The zero-order chi connectivity index (χ0) is 4.00. The molecule has 0 rings (SSSR count). The summed E-state index contributed by atoms with van der Waals surface area (Å²) in [6.45, 7) is 0. The molecule has 0 aliphatic heterocycles. The standard InChI is InChI=1S/CH5N.CH4S/c2*1-2/h2H2,1H3;2H,1H3. The van der Waals surface area contributed by atoms with E-state index < -0.39 is 0 Å². The van der Waals surface area contributed by atoms with Gasteiger partial charge in [-0.15, -0.1) is 0 Å². The van der Waals surface area contributed by atoms with Crippen LogP contribution < -0.4 is 5.73 Å². The zero-order valence-corrected chi connectivity index (χ0v) is 3.92. The van der Waals surface area contributed by atoms with Crippen LogP contribution in [-0.4, -0.2) is 13.3 Å². The molecule has 0 aromatic heterocycles. The van der Waals surface area contributed by atoms with Crippen molar-refractivity contribution in [3.05, 3.63) is 0 Å². The average molecular weight is 79.2 g/mol. The Morgan fingerprint density at radius 1 is 1.25 bits per heavy atom. The highest BCUT2D eigenvalue weighted by molar-refractivity contribution is 7.79. The molecule has 0 saturated carbocycles. The molecule has 0 spiro atoms. The van der Waals surface area contributed by atoms with Crippen LogP contribution in [-0.2, 0) is 0 Å². The summed E-state index contributed by atoms with van der Waals surface area (Å²) in [4.78, 5) is 0. The third kappa shape index (κ3) is 41.3. The van der Waals surface area contributed by atoms with Gasteiger partial charge in [0.2, 0.25) is 0 Å². The predicted molar refractivity (Wildman–Crippen MR) is 25.0 cm³/mol. The van der Waals surface area contributed by atoms with E-state index in [0.29, 0.717) is 0 Å². The Hall–Kier alpha value is 0.310. The lowest BCUT2D eigenvalue weighted by Gasteiger charge is -1.19. The second kappa shape index (κ2) is 184. The Morgan fingerprint density at radius 3 is 1.25 bits per heavy atom. The van der Waals surface area contributed by atoms with Gasteiger partial charge in [-0.05, 0) is 13.3 Å². The molecule has 0 radical (unpaired) electrons. The minimum absolute atomic E-state index is 1.50. The highest BCUT2D eigenvalue weighted by Gasteiger charge is 0.901. The van der Waals surface area contributed by atoms with Crippen LogP contribution in [0.3, 0.4) is 0 Å². The molecule has 2 N–H and O–H groups in total. The molecular weight excluding hydrogens is 70.1 g/mol. The van der Waals surface area contributed by atoms with Gasteiger partial charge in [0.25, 0.3) is 0 Å². The Balaban J connectivity index is 0. The first-order valence-electron chi connectivity index (χ1n) is 1.02. The maximum absolute atomic E-state index is 4.50. The SMILES string of the molecule is CN.CS. The number of thiol groups is 1. The summed E-state index contributed by atoms with van der Waals surface area (Å²) in [5.41, 5.74) is 4.50. The number of hydrogen-bond donors (Lipinski definition) is 2. The molecule has 0 aliphatic carbocycles. The zero-order valence-electron chi connectivity index (χ0n) is 3.02. The minimum Gasteiger partial charge on any atom is -0.333 e. The molecular formula is C2H9NS. The summed E-state index contributed by atoms with van der Waals surface area (Å²) in [7, 11) is 1.50. The lowest BCUT2D eigenvalue weighted by molar-refractivity contribution is 1.48. The van der Waals surface area contributed by atoms with E-state index in [9.17, 15) is 0 Å². The first kappa shape index (κ1) is 8.85. The van der Waals surface area contributed by atoms with Crippen molar-refractivity contribution in [1.82, 2.24) is 0 Å². The number of rotatable bonds is 0. The van der Waals surface area contributed by atoms with Crippen LogP contribution in [0.4, 0.5) is 0 Å². The molecule has 0 aliphatic rings. The van der Waals surface area contributed by atoms with Crippen LogP contribution in [0.5, 0.6) is 0 Å². The summed E-state index contributed by atoms with van der Waals surface area (Å²) in [5.74, 6) is 0. The molecule has 0 atom stereocenters. The second-order valence-corrected chi connectivity index (χ2v) is 0. The van der Waals surface area contributed by atoms with E-state index in [0.717, 1.165) is 0 Å². The monoisotopic (exact) mass is 79.0 g/mol. The fraction of sp³-hybridized carbons (Fsp3) is 1.00. The van der Waals surface area contributed by atoms with Crippen molar-refractivity contribution < 1.29 is 0 Å². The number of hydrogen-bond acceptors (Lipinski definition) is 2. The molecule has 2 heteroatoms. The molecule has 0 heterocycles. The van der Waals surface area contributed by atoms with Crippen molar-refractivity contribution in [2.24, 2.45) is 5.73 Å². The maximum atomic E-state index is 4.50. The van der Waals surface area contributed by atoms with Crippen LogP contribution in [0.1, 0.15) is 0 Å².